The monoisotopic (exact) mass is 742 g/mol. The number of anilines is 1. The van der Waals surface area contributed by atoms with Crippen LogP contribution in [0.2, 0.25) is 0 Å². The van der Waals surface area contributed by atoms with Gasteiger partial charge in [0.05, 0.1) is 56.8 Å². The Morgan fingerprint density at radius 3 is 1.92 bits per heavy atom. The number of nitro groups is 1. The molecule has 0 aromatic heterocycles. The molecule has 0 N–H and O–H groups in total. The molecule has 17 heteroatoms. The van der Waals surface area contributed by atoms with Gasteiger partial charge in [0, 0.05) is 33.7 Å². The second kappa shape index (κ2) is 13.9. The first-order chi connectivity index (χ1) is 23.7. The number of carbonyl (C=O) groups is 5. The maximum absolute atomic E-state index is 14.6. The number of hydrogen-bond donors (Lipinski definition) is 0. The highest BCUT2D eigenvalue weighted by Gasteiger charge is 2.62. The van der Waals surface area contributed by atoms with Crippen LogP contribution in [0.15, 0.2) is 67.7 Å². The number of fused-ring (bicyclic) bond motifs is 3. The van der Waals surface area contributed by atoms with Gasteiger partial charge >= 0.3 is 23.9 Å². The molecule has 3 aliphatic heterocycles. The molecular formula is C33H30N2O12S3. The molecule has 0 fully saturated rings. The second-order valence-corrected chi connectivity index (χ2v) is 14.8. The fourth-order valence-electron chi connectivity index (χ4n) is 5.83. The molecule has 262 valence electrons. The third-order valence-corrected chi connectivity index (χ3v) is 12.6. The Bertz CT molecular complexity index is 1940. The van der Waals surface area contributed by atoms with Gasteiger partial charge in [0.15, 0.2) is 0 Å². The van der Waals surface area contributed by atoms with E-state index in [9.17, 15) is 34.1 Å². The first-order valence-corrected chi connectivity index (χ1v) is 17.2. The first-order valence-electron chi connectivity index (χ1n) is 14.7. The third kappa shape index (κ3) is 5.72. The van der Waals surface area contributed by atoms with Crippen molar-refractivity contribution in [3.8, 4) is 5.75 Å². The number of nitrogens with zero attached hydrogens (tertiary/aromatic N) is 2. The molecule has 0 radical (unpaired) electrons. The fraction of sp³-hybridized carbons (Fsp3) is 0.303. The van der Waals surface area contributed by atoms with Gasteiger partial charge in [0.25, 0.3) is 11.6 Å². The van der Waals surface area contributed by atoms with E-state index in [1.54, 1.807) is 39.0 Å². The lowest BCUT2D eigenvalue weighted by Gasteiger charge is -2.51. The van der Waals surface area contributed by atoms with Crippen LogP contribution in [0, 0.1) is 10.1 Å². The summed E-state index contributed by atoms with van der Waals surface area (Å²) in [5.41, 5.74) is -0.983. The summed E-state index contributed by atoms with van der Waals surface area (Å²) in [5.74, 6) is -4.04. The van der Waals surface area contributed by atoms with Crippen LogP contribution in [-0.2, 0) is 38.1 Å². The van der Waals surface area contributed by atoms with Crippen molar-refractivity contribution in [3.05, 3.63) is 88.9 Å². The van der Waals surface area contributed by atoms with E-state index in [4.69, 9.17) is 23.7 Å². The molecule has 1 spiro atoms. The summed E-state index contributed by atoms with van der Waals surface area (Å²) in [5, 5.41) is 11.7. The molecule has 50 heavy (non-hydrogen) atoms. The average Bonchev–Trinajstić information content (AvgIpc) is 3.50. The predicted molar refractivity (Wildman–Crippen MR) is 186 cm³/mol. The van der Waals surface area contributed by atoms with Gasteiger partial charge in [-0.05, 0) is 32.9 Å². The van der Waals surface area contributed by atoms with E-state index in [1.807, 2.05) is 0 Å². The predicted octanol–water partition coefficient (Wildman–Crippen LogP) is 5.22. The Hall–Kier alpha value is -4.74. The van der Waals surface area contributed by atoms with Crippen LogP contribution in [0.25, 0.3) is 5.57 Å². The number of esters is 4. The normalized spacial score (nSPS) is 17.1. The summed E-state index contributed by atoms with van der Waals surface area (Å²) in [6.45, 7) is 5.33. The second-order valence-electron chi connectivity index (χ2n) is 11.0. The molecule has 5 rings (SSSR count). The molecule has 0 aliphatic carbocycles. The number of ether oxygens (including phenoxy) is 5. The molecule has 1 amide bonds. The average molecular weight is 743 g/mol. The quantitative estimate of drug-likeness (QED) is 0.149. The number of para-hydroxylation sites is 1. The van der Waals surface area contributed by atoms with E-state index < -0.39 is 44.3 Å². The minimum absolute atomic E-state index is 0.00433. The molecule has 0 atom stereocenters. The van der Waals surface area contributed by atoms with Gasteiger partial charge in [-0.3, -0.25) is 19.8 Å². The standard InChI is InChI=1S/C33H30N2O12S3/c1-8-47-19-14-10-13-18-20-26(32(2,3)34(22(18)19)27(36)16-11-9-12-17(15-16)35(41)42)48-23(29(38)44-5)21(28(37)43-4)33(20)49-24(30(39)45-6)25(50-33)31(40)46-7/h9-15H,8H2,1-7H3. The van der Waals surface area contributed by atoms with E-state index in [0.29, 0.717) is 16.0 Å². The van der Waals surface area contributed by atoms with Crippen LogP contribution >= 0.6 is 35.3 Å². The fourth-order valence-corrected chi connectivity index (χ4v) is 10.9. The zero-order chi connectivity index (χ0) is 36.7. The Morgan fingerprint density at radius 1 is 0.820 bits per heavy atom. The smallest absolute Gasteiger partial charge is 0.345 e. The topological polar surface area (TPSA) is 178 Å². The maximum Gasteiger partial charge on any atom is 0.345 e. The number of thioether (sulfide) groups is 3. The van der Waals surface area contributed by atoms with Gasteiger partial charge < -0.3 is 23.7 Å². The van der Waals surface area contributed by atoms with Crippen molar-refractivity contribution in [2.24, 2.45) is 0 Å². The molecule has 3 aliphatic rings. The van der Waals surface area contributed by atoms with Gasteiger partial charge in [0.2, 0.25) is 0 Å². The minimum Gasteiger partial charge on any atom is -0.492 e. The summed E-state index contributed by atoms with van der Waals surface area (Å²) in [7, 11) is 4.51. The van der Waals surface area contributed by atoms with E-state index in [0.717, 1.165) is 69.8 Å². The van der Waals surface area contributed by atoms with Crippen molar-refractivity contribution >= 4 is 82.0 Å². The van der Waals surface area contributed by atoms with Crippen LogP contribution in [0.3, 0.4) is 0 Å². The SMILES string of the molecule is CCOc1cccc2c1N(C(=O)c1cccc([N+](=O)[O-])c1)C(C)(C)C1=C2C2(SC(C(=O)OC)=C(C(=O)OC)S2)C(C(=O)OC)=C(C(=O)OC)S1. The number of rotatable bonds is 8. The van der Waals surface area contributed by atoms with E-state index in [1.165, 1.54) is 23.1 Å². The lowest BCUT2D eigenvalue weighted by Crippen LogP contribution is -2.54. The molecule has 14 nitrogen and oxygen atoms in total. The molecule has 2 aromatic rings. The van der Waals surface area contributed by atoms with Crippen molar-refractivity contribution in [1.82, 2.24) is 0 Å². The molecule has 2 aromatic carbocycles. The minimum atomic E-state index is -1.79. The largest absolute Gasteiger partial charge is 0.492 e. The molecule has 0 saturated heterocycles. The molecular weight excluding hydrogens is 713 g/mol. The summed E-state index contributed by atoms with van der Waals surface area (Å²) in [6, 6.07) is 10.2. The molecule has 3 heterocycles. The zero-order valence-electron chi connectivity index (χ0n) is 27.8. The highest BCUT2D eigenvalue weighted by molar-refractivity contribution is 8.26. The molecule has 0 unspecified atom stereocenters. The Labute approximate surface area is 298 Å². The van der Waals surface area contributed by atoms with Crippen LogP contribution in [0.5, 0.6) is 5.75 Å². The third-order valence-electron chi connectivity index (χ3n) is 7.93. The zero-order valence-corrected chi connectivity index (χ0v) is 30.2. The van der Waals surface area contributed by atoms with Crippen LogP contribution in [0.1, 0.15) is 36.7 Å². The summed E-state index contributed by atoms with van der Waals surface area (Å²) < 4.78 is 24.7. The van der Waals surface area contributed by atoms with Crippen molar-refractivity contribution in [3.63, 3.8) is 0 Å². The summed E-state index contributed by atoms with van der Waals surface area (Å²) in [6.07, 6.45) is 0. The first kappa shape index (κ1) is 36.5. The van der Waals surface area contributed by atoms with Crippen molar-refractivity contribution in [2.45, 2.75) is 30.4 Å². The lowest BCUT2D eigenvalue weighted by molar-refractivity contribution is -0.384. The number of hydrogen-bond acceptors (Lipinski definition) is 15. The van der Waals surface area contributed by atoms with Gasteiger partial charge in [-0.15, -0.1) is 0 Å². The van der Waals surface area contributed by atoms with Crippen molar-refractivity contribution in [2.75, 3.05) is 39.9 Å². The van der Waals surface area contributed by atoms with Gasteiger partial charge in [-0.1, -0.05) is 53.5 Å². The summed E-state index contributed by atoms with van der Waals surface area (Å²) in [4.78, 5) is 80.8. The Kier molecular flexibility index (Phi) is 10.1. The van der Waals surface area contributed by atoms with Crippen molar-refractivity contribution < 1.29 is 52.6 Å². The molecule has 0 saturated carbocycles. The number of carbonyl (C=O) groups excluding carboxylic acids is 5. The lowest BCUT2D eigenvalue weighted by atomic mass is 9.82. The number of nitro benzene ring substituents is 1. The van der Waals surface area contributed by atoms with E-state index in [2.05, 4.69) is 0 Å². The maximum atomic E-state index is 14.6. The van der Waals surface area contributed by atoms with Crippen LogP contribution < -0.4 is 9.64 Å². The van der Waals surface area contributed by atoms with Gasteiger partial charge in [0.1, 0.15) is 24.5 Å². The van der Waals surface area contributed by atoms with Crippen LogP contribution in [-0.4, -0.2) is 79.4 Å². The highest BCUT2D eigenvalue weighted by atomic mass is 32.2. The van der Waals surface area contributed by atoms with Crippen molar-refractivity contribution in [1.29, 1.82) is 0 Å². The highest BCUT2D eigenvalue weighted by Crippen LogP contribution is 2.71. The van der Waals surface area contributed by atoms with E-state index >= 15 is 0 Å². The Morgan fingerprint density at radius 2 is 1.38 bits per heavy atom. The van der Waals surface area contributed by atoms with Gasteiger partial charge in [-0.25, -0.2) is 19.2 Å². The Balaban J connectivity index is 1.91. The van der Waals surface area contributed by atoms with Crippen LogP contribution in [0.4, 0.5) is 11.4 Å². The number of methoxy groups -OCH3 is 4. The summed E-state index contributed by atoms with van der Waals surface area (Å²) >= 11 is 2.45. The number of non-ortho nitro benzene ring substituents is 1. The van der Waals surface area contributed by atoms with Gasteiger partial charge in [-0.2, -0.15) is 0 Å². The number of benzene rings is 2. The van der Waals surface area contributed by atoms with E-state index in [-0.39, 0.29) is 49.6 Å². The molecule has 0 bridgehead atoms. The number of amides is 1.